The van der Waals surface area contributed by atoms with Gasteiger partial charge in [-0.25, -0.2) is 0 Å². The lowest BCUT2D eigenvalue weighted by molar-refractivity contribution is -0.119. The van der Waals surface area contributed by atoms with Crippen molar-refractivity contribution in [3.63, 3.8) is 0 Å². The summed E-state index contributed by atoms with van der Waals surface area (Å²) in [5, 5.41) is 3.13. The summed E-state index contributed by atoms with van der Waals surface area (Å²) in [5.41, 5.74) is 5.11. The van der Waals surface area contributed by atoms with Crippen molar-refractivity contribution in [1.29, 1.82) is 0 Å². The minimum absolute atomic E-state index is 0.221. The predicted octanol–water partition coefficient (Wildman–Crippen LogP) is 0.591. The molecule has 4 heteroatoms. The summed E-state index contributed by atoms with van der Waals surface area (Å²) >= 11 is 1.81. The molecule has 0 aliphatic rings. The largest absolute Gasteiger partial charge is 0.368 e. The first-order valence-electron chi connectivity index (χ1n) is 4.12. The van der Waals surface area contributed by atoms with Crippen LogP contribution in [0.2, 0.25) is 0 Å². The maximum Gasteiger partial charge on any atom is 0.234 e. The van der Waals surface area contributed by atoms with Gasteiger partial charge in [-0.15, -0.1) is 0 Å². The van der Waals surface area contributed by atoms with Gasteiger partial charge in [0.15, 0.2) is 0 Å². The molecule has 0 aromatic carbocycles. The number of carbonyl (C=O) groups is 1. The van der Waals surface area contributed by atoms with Gasteiger partial charge in [-0.1, -0.05) is 0 Å². The minimum Gasteiger partial charge on any atom is -0.368 e. The molecule has 0 heterocycles. The van der Waals surface area contributed by atoms with Crippen LogP contribution in [0.4, 0.5) is 0 Å². The molecule has 2 unspecified atom stereocenters. The molecular formula is C8H18N2OS. The van der Waals surface area contributed by atoms with Gasteiger partial charge in [0.1, 0.15) is 0 Å². The Morgan fingerprint density at radius 2 is 2.17 bits per heavy atom. The lowest BCUT2D eigenvalue weighted by Crippen LogP contribution is -2.43. The lowest BCUT2D eigenvalue weighted by atomic mass is 10.2. The van der Waals surface area contributed by atoms with Crippen LogP contribution < -0.4 is 11.1 Å². The Hall–Kier alpha value is -0.220. The molecule has 3 N–H and O–H groups in total. The van der Waals surface area contributed by atoms with E-state index in [1.165, 1.54) is 0 Å². The standard InChI is InChI=1S/C8H18N2OS/c1-6(4-5-12-3)10-7(2)8(9)11/h6-7,10H,4-5H2,1-3H3,(H2,9,11). The lowest BCUT2D eigenvalue weighted by Gasteiger charge is -2.16. The molecule has 0 fully saturated rings. The van der Waals surface area contributed by atoms with Crippen LogP contribution in [0, 0.1) is 0 Å². The number of rotatable bonds is 6. The monoisotopic (exact) mass is 190 g/mol. The molecule has 0 aliphatic carbocycles. The number of primary amides is 1. The molecule has 0 aromatic heterocycles. The fourth-order valence-corrected chi connectivity index (χ4v) is 1.48. The molecule has 0 aliphatic heterocycles. The first-order chi connectivity index (χ1) is 5.57. The van der Waals surface area contributed by atoms with E-state index in [0.29, 0.717) is 6.04 Å². The van der Waals surface area contributed by atoms with Crippen molar-refractivity contribution >= 4 is 17.7 Å². The van der Waals surface area contributed by atoms with Crippen molar-refractivity contribution in [3.8, 4) is 0 Å². The molecule has 72 valence electrons. The first-order valence-corrected chi connectivity index (χ1v) is 5.51. The molecule has 1 amide bonds. The SMILES string of the molecule is CSCCC(C)NC(C)C(N)=O. The maximum absolute atomic E-state index is 10.7. The average Bonchev–Trinajstić information content (AvgIpc) is 2.00. The van der Waals surface area contributed by atoms with E-state index in [-0.39, 0.29) is 11.9 Å². The van der Waals surface area contributed by atoms with E-state index in [0.717, 1.165) is 12.2 Å². The number of hydrogen-bond donors (Lipinski definition) is 2. The highest BCUT2D eigenvalue weighted by Crippen LogP contribution is 2.00. The Morgan fingerprint density at radius 3 is 2.58 bits per heavy atom. The molecule has 0 aromatic rings. The van der Waals surface area contributed by atoms with Crippen LogP contribution in [-0.2, 0) is 4.79 Å². The minimum atomic E-state index is -0.286. The summed E-state index contributed by atoms with van der Waals surface area (Å²) in [6.45, 7) is 3.85. The molecule has 0 bridgehead atoms. The quantitative estimate of drug-likeness (QED) is 0.644. The topological polar surface area (TPSA) is 55.1 Å². The highest BCUT2D eigenvalue weighted by molar-refractivity contribution is 7.98. The van der Waals surface area contributed by atoms with Crippen molar-refractivity contribution in [3.05, 3.63) is 0 Å². The molecule has 12 heavy (non-hydrogen) atoms. The van der Waals surface area contributed by atoms with Gasteiger partial charge < -0.3 is 11.1 Å². The molecule has 0 rings (SSSR count). The Balaban J connectivity index is 3.53. The number of amides is 1. The summed E-state index contributed by atoms with van der Waals surface area (Å²) < 4.78 is 0. The molecular weight excluding hydrogens is 172 g/mol. The third kappa shape index (κ3) is 5.43. The van der Waals surface area contributed by atoms with Gasteiger partial charge in [0.05, 0.1) is 6.04 Å². The molecule has 0 spiro atoms. The highest BCUT2D eigenvalue weighted by Gasteiger charge is 2.10. The third-order valence-electron chi connectivity index (χ3n) is 1.72. The normalized spacial score (nSPS) is 15.6. The average molecular weight is 190 g/mol. The van der Waals surface area contributed by atoms with Gasteiger partial charge in [-0.3, -0.25) is 4.79 Å². The van der Waals surface area contributed by atoms with E-state index >= 15 is 0 Å². The van der Waals surface area contributed by atoms with Gasteiger partial charge in [-0.05, 0) is 32.3 Å². The zero-order valence-electron chi connectivity index (χ0n) is 7.96. The zero-order chi connectivity index (χ0) is 9.56. The molecule has 0 saturated heterocycles. The second kappa shape index (κ2) is 6.31. The van der Waals surface area contributed by atoms with Crippen LogP contribution in [0.15, 0.2) is 0 Å². The summed E-state index contributed by atoms with van der Waals surface area (Å²) in [5.74, 6) is 0.825. The molecule has 3 nitrogen and oxygen atoms in total. The van der Waals surface area contributed by atoms with Crippen molar-refractivity contribution in [1.82, 2.24) is 5.32 Å². The Kier molecular flexibility index (Phi) is 6.20. The Morgan fingerprint density at radius 1 is 1.58 bits per heavy atom. The second-order valence-electron chi connectivity index (χ2n) is 2.97. The summed E-state index contributed by atoms with van der Waals surface area (Å²) in [4.78, 5) is 10.7. The number of hydrogen-bond acceptors (Lipinski definition) is 3. The van der Waals surface area contributed by atoms with Crippen molar-refractivity contribution in [2.45, 2.75) is 32.4 Å². The van der Waals surface area contributed by atoms with E-state index in [9.17, 15) is 4.79 Å². The number of carbonyl (C=O) groups excluding carboxylic acids is 1. The van der Waals surface area contributed by atoms with E-state index < -0.39 is 0 Å². The van der Waals surface area contributed by atoms with Crippen LogP contribution in [0.5, 0.6) is 0 Å². The molecule has 2 atom stereocenters. The molecule has 0 saturated carbocycles. The van der Waals surface area contributed by atoms with E-state index in [1.54, 1.807) is 6.92 Å². The zero-order valence-corrected chi connectivity index (χ0v) is 8.78. The van der Waals surface area contributed by atoms with Crippen LogP contribution in [0.1, 0.15) is 20.3 Å². The van der Waals surface area contributed by atoms with Crippen LogP contribution in [0.3, 0.4) is 0 Å². The summed E-state index contributed by atoms with van der Waals surface area (Å²) in [6.07, 6.45) is 3.14. The van der Waals surface area contributed by atoms with Crippen molar-refractivity contribution in [2.75, 3.05) is 12.0 Å². The van der Waals surface area contributed by atoms with Crippen LogP contribution >= 0.6 is 11.8 Å². The number of nitrogens with one attached hydrogen (secondary N) is 1. The van der Waals surface area contributed by atoms with E-state index in [4.69, 9.17) is 5.73 Å². The number of thioether (sulfide) groups is 1. The summed E-state index contributed by atoms with van der Waals surface area (Å²) in [7, 11) is 0. The van der Waals surface area contributed by atoms with Gasteiger partial charge >= 0.3 is 0 Å². The Bertz CT molecular complexity index is 141. The maximum atomic E-state index is 10.7. The highest BCUT2D eigenvalue weighted by atomic mass is 32.2. The van der Waals surface area contributed by atoms with E-state index in [1.807, 2.05) is 11.8 Å². The molecule has 0 radical (unpaired) electrons. The smallest absolute Gasteiger partial charge is 0.234 e. The van der Waals surface area contributed by atoms with Crippen molar-refractivity contribution < 1.29 is 4.79 Å². The van der Waals surface area contributed by atoms with Crippen molar-refractivity contribution in [2.24, 2.45) is 5.73 Å². The van der Waals surface area contributed by atoms with Gasteiger partial charge in [0, 0.05) is 6.04 Å². The van der Waals surface area contributed by atoms with Gasteiger partial charge in [0.25, 0.3) is 0 Å². The second-order valence-corrected chi connectivity index (χ2v) is 3.96. The van der Waals surface area contributed by atoms with Gasteiger partial charge in [-0.2, -0.15) is 11.8 Å². The predicted molar refractivity (Wildman–Crippen MR) is 54.3 cm³/mol. The van der Waals surface area contributed by atoms with Gasteiger partial charge in [0.2, 0.25) is 5.91 Å². The third-order valence-corrected chi connectivity index (χ3v) is 2.36. The first kappa shape index (κ1) is 11.8. The van der Waals surface area contributed by atoms with E-state index in [2.05, 4.69) is 18.5 Å². The fraction of sp³-hybridized carbons (Fsp3) is 0.875. The van der Waals surface area contributed by atoms with Crippen LogP contribution in [-0.4, -0.2) is 30.0 Å². The Labute approximate surface area is 78.5 Å². The summed E-state index contributed by atoms with van der Waals surface area (Å²) in [6, 6.07) is 0.141. The van der Waals surface area contributed by atoms with Crippen LogP contribution in [0.25, 0.3) is 0 Å². The fourth-order valence-electron chi connectivity index (χ4n) is 0.887. The number of nitrogens with two attached hydrogens (primary N) is 1.